The molecule has 1 aromatic carbocycles. The molecule has 5 rings (SSSR count). The van der Waals surface area contributed by atoms with Crippen LogP contribution in [0.3, 0.4) is 0 Å². The van der Waals surface area contributed by atoms with E-state index in [1.165, 1.54) is 4.90 Å². The molecule has 7 atom stereocenters. The van der Waals surface area contributed by atoms with E-state index in [4.69, 9.17) is 0 Å². The molecule has 2 heterocycles. The number of rotatable bonds is 6. The summed E-state index contributed by atoms with van der Waals surface area (Å²) in [6.07, 6.45) is -4.11. The van der Waals surface area contributed by atoms with Gasteiger partial charge in [0, 0.05) is 29.0 Å². The fourth-order valence-electron chi connectivity index (χ4n) is 7.66. The van der Waals surface area contributed by atoms with E-state index in [1.54, 1.807) is 20.8 Å². The molecule has 1 spiro atoms. The van der Waals surface area contributed by atoms with Gasteiger partial charge in [0.15, 0.2) is 0 Å². The van der Waals surface area contributed by atoms with E-state index in [9.17, 15) is 37.6 Å². The molecule has 12 heteroatoms. The van der Waals surface area contributed by atoms with Crippen LogP contribution in [0, 0.1) is 46.3 Å². The highest BCUT2D eigenvalue weighted by molar-refractivity contribution is 5.97. The lowest BCUT2D eigenvalue weighted by Gasteiger charge is -2.38. The molecule has 4 amide bonds. The zero-order valence-corrected chi connectivity index (χ0v) is 24.5. The summed E-state index contributed by atoms with van der Waals surface area (Å²) in [5.41, 5.74) is 0.988. The van der Waals surface area contributed by atoms with Crippen molar-refractivity contribution in [3.63, 3.8) is 0 Å². The van der Waals surface area contributed by atoms with Crippen molar-refractivity contribution in [2.24, 2.45) is 28.1 Å². The van der Waals surface area contributed by atoms with Crippen LogP contribution in [-0.2, 0) is 25.6 Å². The first-order valence-corrected chi connectivity index (χ1v) is 14.1. The Balaban J connectivity index is 1.36. The van der Waals surface area contributed by atoms with Crippen LogP contribution >= 0.6 is 0 Å². The van der Waals surface area contributed by atoms with Gasteiger partial charge < -0.3 is 20.9 Å². The molecule has 1 unspecified atom stereocenters. The largest absolute Gasteiger partial charge is 0.471 e. The van der Waals surface area contributed by atoms with Gasteiger partial charge >= 0.3 is 12.1 Å². The number of likely N-dealkylation sites (tertiary alicyclic amines) is 1. The van der Waals surface area contributed by atoms with Crippen molar-refractivity contribution in [2.45, 2.75) is 91.1 Å². The SMILES string of the molecule is Cc1ccc2c(c1)C[C@H](C[C@@H](C#N)NC(=O)[C@@H]1[C@@H]3C(C)(C)C34C[C@H]4N1C(=O)[C@@H](NC(=O)C(F)(F)F)C(C)(C)C)C(=O)N2. The highest BCUT2D eigenvalue weighted by Crippen LogP contribution is 2.88. The molecule has 2 saturated carbocycles. The number of halogens is 3. The molecule has 0 bridgehead atoms. The number of nitriles is 1. The Morgan fingerprint density at radius 1 is 1.19 bits per heavy atom. The summed E-state index contributed by atoms with van der Waals surface area (Å²) in [4.78, 5) is 53.7. The predicted molar refractivity (Wildman–Crippen MR) is 145 cm³/mol. The van der Waals surface area contributed by atoms with Crippen molar-refractivity contribution in [3.05, 3.63) is 29.3 Å². The van der Waals surface area contributed by atoms with E-state index in [2.05, 4.69) is 16.7 Å². The van der Waals surface area contributed by atoms with Crippen LogP contribution in [0.15, 0.2) is 18.2 Å². The summed E-state index contributed by atoms with van der Waals surface area (Å²) in [5.74, 6) is -4.62. The number of hydrogen-bond acceptors (Lipinski definition) is 5. The molecule has 0 aromatic heterocycles. The van der Waals surface area contributed by atoms with E-state index in [0.29, 0.717) is 18.5 Å². The minimum Gasteiger partial charge on any atom is -0.339 e. The summed E-state index contributed by atoms with van der Waals surface area (Å²) in [6, 6.07) is 3.83. The zero-order valence-electron chi connectivity index (χ0n) is 24.5. The standard InChI is InChI=1S/C30H36F3N5O4/c1-14-7-8-18-15(9-14)10-16(23(39)36-18)11-17(13-34)35-24(40)20-21-28(5,6)29(21)12-19(29)38(20)25(41)22(27(2,3)4)37-26(42)30(31,32)33/h7-9,16-17,19-22H,10-12H2,1-6H3,(H,35,40)(H,36,39)(H,37,42)/t16-,17+,19-,20+,21-,22-,29?/m1/s1. The van der Waals surface area contributed by atoms with Gasteiger partial charge in [-0.3, -0.25) is 19.2 Å². The highest BCUT2D eigenvalue weighted by Gasteiger charge is 2.92. The average Bonchev–Trinajstić information content (AvgIpc) is 3.68. The smallest absolute Gasteiger partial charge is 0.339 e. The van der Waals surface area contributed by atoms with E-state index >= 15 is 0 Å². The van der Waals surface area contributed by atoms with Crippen LogP contribution in [0.1, 0.15) is 58.6 Å². The number of alkyl halides is 3. The number of nitrogens with one attached hydrogen (secondary N) is 3. The molecule has 2 aliphatic heterocycles. The maximum absolute atomic E-state index is 13.9. The Morgan fingerprint density at radius 3 is 2.45 bits per heavy atom. The number of anilines is 1. The summed E-state index contributed by atoms with van der Waals surface area (Å²) in [5, 5.41) is 17.4. The molecule has 3 N–H and O–H groups in total. The van der Waals surface area contributed by atoms with Gasteiger partial charge in [-0.1, -0.05) is 52.3 Å². The third-order valence-corrected chi connectivity index (χ3v) is 9.88. The maximum Gasteiger partial charge on any atom is 0.471 e. The number of carbonyl (C=O) groups excluding carboxylic acids is 4. The Hall–Kier alpha value is -3.62. The fourth-order valence-corrected chi connectivity index (χ4v) is 7.66. The van der Waals surface area contributed by atoms with Gasteiger partial charge in [-0.2, -0.15) is 18.4 Å². The molecule has 9 nitrogen and oxygen atoms in total. The third-order valence-electron chi connectivity index (χ3n) is 9.88. The maximum atomic E-state index is 13.9. The number of nitrogens with zero attached hydrogens (tertiary/aromatic N) is 2. The Bertz CT molecular complexity index is 1410. The van der Waals surface area contributed by atoms with Gasteiger partial charge in [0.25, 0.3) is 0 Å². The van der Waals surface area contributed by atoms with Crippen molar-refractivity contribution >= 4 is 29.3 Å². The second-order valence-electron chi connectivity index (χ2n) is 13.9. The molecule has 42 heavy (non-hydrogen) atoms. The quantitative estimate of drug-likeness (QED) is 0.471. The van der Waals surface area contributed by atoms with Crippen molar-refractivity contribution < 1.29 is 32.3 Å². The zero-order chi connectivity index (χ0) is 31.2. The van der Waals surface area contributed by atoms with Gasteiger partial charge in [-0.15, -0.1) is 0 Å². The third kappa shape index (κ3) is 4.61. The summed E-state index contributed by atoms with van der Waals surface area (Å²) < 4.78 is 39.4. The summed E-state index contributed by atoms with van der Waals surface area (Å²) in [7, 11) is 0. The minimum atomic E-state index is -5.18. The number of hydrogen-bond donors (Lipinski definition) is 3. The van der Waals surface area contributed by atoms with Crippen LogP contribution < -0.4 is 16.0 Å². The molecule has 3 fully saturated rings. The predicted octanol–water partition coefficient (Wildman–Crippen LogP) is 3.22. The molecule has 0 radical (unpaired) electrons. The molecule has 2 aliphatic carbocycles. The van der Waals surface area contributed by atoms with Crippen molar-refractivity contribution in [3.8, 4) is 6.07 Å². The summed E-state index contributed by atoms with van der Waals surface area (Å²) >= 11 is 0. The van der Waals surface area contributed by atoms with Gasteiger partial charge in [0.2, 0.25) is 17.7 Å². The van der Waals surface area contributed by atoms with Crippen LogP contribution in [-0.4, -0.2) is 58.9 Å². The second kappa shape index (κ2) is 9.44. The van der Waals surface area contributed by atoms with Gasteiger partial charge in [0.1, 0.15) is 18.1 Å². The number of carbonyl (C=O) groups is 4. The lowest BCUT2D eigenvalue weighted by Crippen LogP contribution is -2.61. The normalized spacial score (nSPS) is 30.0. The number of fused-ring (bicyclic) bond motifs is 1. The summed E-state index contributed by atoms with van der Waals surface area (Å²) in [6.45, 7) is 10.6. The second-order valence-corrected chi connectivity index (χ2v) is 13.9. The lowest BCUT2D eigenvalue weighted by atomic mass is 9.85. The first kappa shape index (κ1) is 29.9. The van der Waals surface area contributed by atoms with Gasteiger partial charge in [-0.25, -0.2) is 0 Å². The monoisotopic (exact) mass is 587 g/mol. The van der Waals surface area contributed by atoms with Crippen molar-refractivity contribution in [1.29, 1.82) is 5.26 Å². The number of amides is 4. The number of piperidine rings is 2. The van der Waals surface area contributed by atoms with Crippen LogP contribution in [0.2, 0.25) is 0 Å². The fraction of sp³-hybridized carbons (Fsp3) is 0.633. The Labute approximate surface area is 242 Å². The van der Waals surface area contributed by atoms with Crippen molar-refractivity contribution in [1.82, 2.24) is 15.5 Å². The van der Waals surface area contributed by atoms with Crippen molar-refractivity contribution in [2.75, 3.05) is 5.32 Å². The van der Waals surface area contributed by atoms with E-state index in [-0.39, 0.29) is 35.1 Å². The first-order chi connectivity index (χ1) is 19.3. The molecule has 1 aromatic rings. The molecular weight excluding hydrogens is 551 g/mol. The molecule has 226 valence electrons. The first-order valence-electron chi connectivity index (χ1n) is 14.1. The lowest BCUT2D eigenvalue weighted by molar-refractivity contribution is -0.176. The number of aryl methyl sites for hydroxylation is 1. The number of benzene rings is 1. The van der Waals surface area contributed by atoms with Gasteiger partial charge in [-0.05, 0) is 48.6 Å². The average molecular weight is 588 g/mol. The van der Waals surface area contributed by atoms with Gasteiger partial charge in [0.05, 0.1) is 6.07 Å². The topological polar surface area (TPSA) is 131 Å². The van der Waals surface area contributed by atoms with E-state index in [0.717, 1.165) is 11.1 Å². The van der Waals surface area contributed by atoms with Crippen LogP contribution in [0.4, 0.5) is 18.9 Å². The Kier molecular flexibility index (Phi) is 6.71. The molecular formula is C30H36F3N5O4. The van der Waals surface area contributed by atoms with E-state index in [1.807, 2.05) is 44.3 Å². The van der Waals surface area contributed by atoms with Crippen LogP contribution in [0.5, 0.6) is 0 Å². The molecule has 1 saturated heterocycles. The minimum absolute atomic E-state index is 0.0526. The Morgan fingerprint density at radius 2 is 1.86 bits per heavy atom. The van der Waals surface area contributed by atoms with Crippen LogP contribution in [0.25, 0.3) is 0 Å². The highest BCUT2D eigenvalue weighted by atomic mass is 19.4. The van der Waals surface area contributed by atoms with E-state index < -0.39 is 53.4 Å². The molecule has 4 aliphatic rings.